The highest BCUT2D eigenvalue weighted by Gasteiger charge is 2.27. The number of rotatable bonds is 4. The zero-order valence-electron chi connectivity index (χ0n) is 11.7. The van der Waals surface area contributed by atoms with Crippen molar-refractivity contribution in [2.45, 2.75) is 38.6 Å². The SMILES string of the molecule is CC(=O)NCC[C@H]1CCCCN1C(=O)c1cnccn1. The van der Waals surface area contributed by atoms with Gasteiger partial charge in [0.2, 0.25) is 5.91 Å². The van der Waals surface area contributed by atoms with Crippen molar-refractivity contribution in [1.82, 2.24) is 20.2 Å². The van der Waals surface area contributed by atoms with E-state index in [4.69, 9.17) is 0 Å². The molecule has 1 aromatic rings. The highest BCUT2D eigenvalue weighted by Crippen LogP contribution is 2.21. The minimum absolute atomic E-state index is 0.0346. The first-order chi connectivity index (χ1) is 9.68. The fourth-order valence-electron chi connectivity index (χ4n) is 2.54. The van der Waals surface area contributed by atoms with Crippen molar-refractivity contribution in [3.8, 4) is 0 Å². The summed E-state index contributed by atoms with van der Waals surface area (Å²) >= 11 is 0. The van der Waals surface area contributed by atoms with E-state index in [0.29, 0.717) is 12.2 Å². The summed E-state index contributed by atoms with van der Waals surface area (Å²) < 4.78 is 0. The first-order valence-electron chi connectivity index (χ1n) is 7.00. The summed E-state index contributed by atoms with van der Waals surface area (Å²) in [5.74, 6) is -0.0989. The number of hydrogen-bond donors (Lipinski definition) is 1. The molecule has 0 spiro atoms. The Bertz CT molecular complexity index is 464. The molecule has 1 atom stereocenters. The molecule has 2 rings (SSSR count). The van der Waals surface area contributed by atoms with Crippen LogP contribution < -0.4 is 5.32 Å². The van der Waals surface area contributed by atoms with Gasteiger partial charge >= 0.3 is 0 Å². The zero-order chi connectivity index (χ0) is 14.4. The van der Waals surface area contributed by atoms with E-state index in [-0.39, 0.29) is 17.9 Å². The molecule has 2 heterocycles. The van der Waals surface area contributed by atoms with Crippen molar-refractivity contribution < 1.29 is 9.59 Å². The molecule has 108 valence electrons. The van der Waals surface area contributed by atoms with Crippen LogP contribution in [0.5, 0.6) is 0 Å². The lowest BCUT2D eigenvalue weighted by Crippen LogP contribution is -2.45. The van der Waals surface area contributed by atoms with Gasteiger partial charge in [-0.15, -0.1) is 0 Å². The summed E-state index contributed by atoms with van der Waals surface area (Å²) in [4.78, 5) is 33.2. The van der Waals surface area contributed by atoms with E-state index in [9.17, 15) is 9.59 Å². The van der Waals surface area contributed by atoms with E-state index in [1.807, 2.05) is 4.90 Å². The molecule has 0 unspecified atom stereocenters. The topological polar surface area (TPSA) is 75.2 Å². The molecular formula is C14H20N4O2. The van der Waals surface area contributed by atoms with Crippen LogP contribution >= 0.6 is 0 Å². The maximum absolute atomic E-state index is 12.4. The first kappa shape index (κ1) is 14.4. The molecule has 0 saturated carbocycles. The summed E-state index contributed by atoms with van der Waals surface area (Å²) in [6.45, 7) is 2.85. The Labute approximate surface area is 118 Å². The minimum Gasteiger partial charge on any atom is -0.356 e. The summed E-state index contributed by atoms with van der Waals surface area (Å²) in [5.41, 5.74) is 0.388. The number of likely N-dealkylation sites (tertiary alicyclic amines) is 1. The molecule has 1 N–H and O–H groups in total. The average molecular weight is 276 g/mol. The van der Waals surface area contributed by atoms with Crippen LogP contribution in [0.3, 0.4) is 0 Å². The lowest BCUT2D eigenvalue weighted by Gasteiger charge is -2.35. The quantitative estimate of drug-likeness (QED) is 0.890. The van der Waals surface area contributed by atoms with E-state index < -0.39 is 0 Å². The third kappa shape index (κ3) is 3.76. The molecule has 0 radical (unpaired) electrons. The van der Waals surface area contributed by atoms with Gasteiger partial charge in [0.15, 0.2) is 0 Å². The van der Waals surface area contributed by atoms with Crippen LogP contribution in [0, 0.1) is 0 Å². The van der Waals surface area contributed by atoms with Gasteiger partial charge < -0.3 is 10.2 Å². The molecule has 2 amide bonds. The third-order valence-corrected chi connectivity index (χ3v) is 3.52. The fraction of sp³-hybridized carbons (Fsp3) is 0.571. The molecule has 1 aromatic heterocycles. The summed E-state index contributed by atoms with van der Waals surface area (Å²) in [6, 6.07) is 0.171. The maximum Gasteiger partial charge on any atom is 0.274 e. The van der Waals surface area contributed by atoms with Crippen molar-refractivity contribution in [2.24, 2.45) is 0 Å². The van der Waals surface area contributed by atoms with E-state index in [0.717, 1.165) is 32.2 Å². The predicted octanol–water partition coefficient (Wildman–Crippen LogP) is 0.997. The van der Waals surface area contributed by atoms with E-state index in [1.54, 1.807) is 6.20 Å². The lowest BCUT2D eigenvalue weighted by atomic mass is 9.99. The molecular weight excluding hydrogens is 256 g/mol. The molecule has 20 heavy (non-hydrogen) atoms. The molecule has 0 bridgehead atoms. The Morgan fingerprint density at radius 2 is 2.25 bits per heavy atom. The molecule has 1 aliphatic heterocycles. The molecule has 0 aromatic carbocycles. The molecule has 6 heteroatoms. The maximum atomic E-state index is 12.4. The number of aromatic nitrogens is 2. The van der Waals surface area contributed by atoms with Crippen molar-refractivity contribution in [3.05, 3.63) is 24.3 Å². The Morgan fingerprint density at radius 1 is 1.40 bits per heavy atom. The van der Waals surface area contributed by atoms with Gasteiger partial charge in [-0.3, -0.25) is 14.6 Å². The number of carbonyl (C=O) groups is 2. The molecule has 0 aliphatic carbocycles. The van der Waals surface area contributed by atoms with Gasteiger partial charge in [-0.2, -0.15) is 0 Å². The number of carbonyl (C=O) groups excluding carboxylic acids is 2. The van der Waals surface area contributed by atoms with Gasteiger partial charge in [-0.25, -0.2) is 4.98 Å². The van der Waals surface area contributed by atoms with E-state index in [2.05, 4.69) is 15.3 Å². The molecule has 1 saturated heterocycles. The third-order valence-electron chi connectivity index (χ3n) is 3.52. The van der Waals surface area contributed by atoms with Crippen LogP contribution in [0.15, 0.2) is 18.6 Å². The van der Waals surface area contributed by atoms with Crippen molar-refractivity contribution in [3.63, 3.8) is 0 Å². The fourth-order valence-corrected chi connectivity index (χ4v) is 2.54. The van der Waals surface area contributed by atoms with Crippen LogP contribution in [0.2, 0.25) is 0 Å². The largest absolute Gasteiger partial charge is 0.356 e. The Hall–Kier alpha value is -1.98. The normalized spacial score (nSPS) is 18.6. The molecule has 1 aliphatic rings. The van der Waals surface area contributed by atoms with Crippen LogP contribution in [-0.4, -0.2) is 45.8 Å². The van der Waals surface area contributed by atoms with Crippen LogP contribution in [0.1, 0.15) is 43.1 Å². The number of piperidine rings is 1. The van der Waals surface area contributed by atoms with Crippen molar-refractivity contribution in [1.29, 1.82) is 0 Å². The summed E-state index contributed by atoms with van der Waals surface area (Å²) in [7, 11) is 0. The standard InChI is InChI=1S/C14H20N4O2/c1-11(19)16-6-5-12-4-2-3-9-18(12)14(20)13-10-15-7-8-17-13/h7-8,10,12H,2-6,9H2,1H3,(H,16,19)/t12-/m1/s1. The first-order valence-corrected chi connectivity index (χ1v) is 7.00. The van der Waals surface area contributed by atoms with Crippen LogP contribution in [-0.2, 0) is 4.79 Å². The second-order valence-corrected chi connectivity index (χ2v) is 5.01. The highest BCUT2D eigenvalue weighted by molar-refractivity contribution is 5.92. The Kier molecular flexibility index (Phi) is 5.03. The van der Waals surface area contributed by atoms with Crippen LogP contribution in [0.4, 0.5) is 0 Å². The number of amides is 2. The second-order valence-electron chi connectivity index (χ2n) is 5.01. The van der Waals surface area contributed by atoms with Gasteiger partial charge in [0, 0.05) is 38.4 Å². The molecule has 6 nitrogen and oxygen atoms in total. The minimum atomic E-state index is -0.0642. The number of nitrogens with one attached hydrogen (secondary N) is 1. The van der Waals surface area contributed by atoms with Crippen molar-refractivity contribution in [2.75, 3.05) is 13.1 Å². The Balaban J connectivity index is 1.99. The van der Waals surface area contributed by atoms with Gasteiger partial charge in [0.05, 0.1) is 6.20 Å². The predicted molar refractivity (Wildman–Crippen MR) is 74.0 cm³/mol. The van der Waals surface area contributed by atoms with Gasteiger partial charge in [-0.1, -0.05) is 0 Å². The van der Waals surface area contributed by atoms with Gasteiger partial charge in [0.1, 0.15) is 5.69 Å². The monoisotopic (exact) mass is 276 g/mol. The number of nitrogens with zero attached hydrogens (tertiary/aromatic N) is 3. The van der Waals surface area contributed by atoms with Gasteiger partial charge in [-0.05, 0) is 25.7 Å². The lowest BCUT2D eigenvalue weighted by molar-refractivity contribution is -0.119. The highest BCUT2D eigenvalue weighted by atomic mass is 16.2. The Morgan fingerprint density at radius 3 is 2.95 bits per heavy atom. The van der Waals surface area contributed by atoms with Crippen molar-refractivity contribution >= 4 is 11.8 Å². The van der Waals surface area contributed by atoms with E-state index >= 15 is 0 Å². The summed E-state index contributed by atoms with van der Waals surface area (Å²) in [5, 5.41) is 2.79. The average Bonchev–Trinajstić information content (AvgIpc) is 2.47. The summed E-state index contributed by atoms with van der Waals surface area (Å²) in [6.07, 6.45) is 8.49. The molecule has 1 fully saturated rings. The van der Waals surface area contributed by atoms with E-state index in [1.165, 1.54) is 19.3 Å². The zero-order valence-corrected chi connectivity index (χ0v) is 11.7. The van der Waals surface area contributed by atoms with Crippen LogP contribution in [0.25, 0.3) is 0 Å². The smallest absolute Gasteiger partial charge is 0.274 e. The second kappa shape index (κ2) is 6.98. The number of hydrogen-bond acceptors (Lipinski definition) is 4. The van der Waals surface area contributed by atoms with Gasteiger partial charge in [0.25, 0.3) is 5.91 Å².